The maximum absolute atomic E-state index is 4.74. The number of anilines is 1. The van der Waals surface area contributed by atoms with Crippen molar-refractivity contribution in [3.05, 3.63) is 18.1 Å². The van der Waals surface area contributed by atoms with Crippen LogP contribution in [0.5, 0.6) is 0 Å². The monoisotopic (exact) mass is 291 g/mol. The first-order valence-corrected chi connectivity index (χ1v) is 8.06. The van der Waals surface area contributed by atoms with E-state index < -0.39 is 0 Å². The van der Waals surface area contributed by atoms with Crippen molar-refractivity contribution in [3.63, 3.8) is 0 Å². The molecule has 2 rings (SSSR count). The molecule has 1 aromatic heterocycles. The Balaban J connectivity index is 1.89. The lowest BCUT2D eigenvalue weighted by atomic mass is 10.2. The van der Waals surface area contributed by atoms with Gasteiger partial charge in [-0.25, -0.2) is 4.98 Å². The molecule has 1 aromatic rings. The van der Waals surface area contributed by atoms with Crippen LogP contribution in [0.15, 0.2) is 12.4 Å². The zero-order valence-corrected chi connectivity index (χ0v) is 13.8. The molecule has 0 spiro atoms. The number of rotatable bonds is 6. The number of nitrogens with one attached hydrogen (secondary N) is 1. The quantitative estimate of drug-likeness (QED) is 0.865. The van der Waals surface area contributed by atoms with Crippen molar-refractivity contribution in [2.24, 2.45) is 5.92 Å². The van der Waals surface area contributed by atoms with E-state index in [4.69, 9.17) is 4.98 Å². The lowest BCUT2D eigenvalue weighted by Crippen LogP contribution is -2.47. The molecule has 21 heavy (non-hydrogen) atoms. The third-order valence-corrected chi connectivity index (χ3v) is 3.68. The molecule has 1 aliphatic heterocycles. The van der Waals surface area contributed by atoms with E-state index in [1.807, 2.05) is 12.4 Å². The van der Waals surface area contributed by atoms with E-state index >= 15 is 0 Å². The molecule has 0 atom stereocenters. The molecule has 1 fully saturated rings. The highest BCUT2D eigenvalue weighted by Crippen LogP contribution is 2.13. The van der Waals surface area contributed by atoms with Crippen LogP contribution in [0.4, 0.5) is 5.82 Å². The Kier molecular flexibility index (Phi) is 5.94. The molecule has 118 valence electrons. The first-order valence-electron chi connectivity index (χ1n) is 8.06. The fourth-order valence-electron chi connectivity index (χ4n) is 2.62. The van der Waals surface area contributed by atoms with Crippen molar-refractivity contribution >= 4 is 5.82 Å². The Hall–Kier alpha value is -1.20. The molecule has 1 aliphatic rings. The second-order valence-corrected chi connectivity index (χ2v) is 6.59. The minimum Gasteiger partial charge on any atom is -0.353 e. The molecule has 5 heteroatoms. The standard InChI is InChI=1S/C16H29N5/c1-13(2)12-20-5-7-21(8-6-20)16-11-17-9-15(19-16)10-18-14(3)4/h9,11,13-14,18H,5-8,10,12H2,1-4H3. The summed E-state index contributed by atoms with van der Waals surface area (Å²) >= 11 is 0. The van der Waals surface area contributed by atoms with Crippen LogP contribution in [0.1, 0.15) is 33.4 Å². The summed E-state index contributed by atoms with van der Waals surface area (Å²) in [6.07, 6.45) is 3.74. The number of hydrogen-bond donors (Lipinski definition) is 1. The zero-order chi connectivity index (χ0) is 15.2. The van der Waals surface area contributed by atoms with Gasteiger partial charge >= 0.3 is 0 Å². The van der Waals surface area contributed by atoms with Crippen LogP contribution in [0, 0.1) is 5.92 Å². The Morgan fingerprint density at radius 2 is 1.81 bits per heavy atom. The van der Waals surface area contributed by atoms with Crippen LogP contribution >= 0.6 is 0 Å². The summed E-state index contributed by atoms with van der Waals surface area (Å²) in [5, 5.41) is 3.39. The Morgan fingerprint density at radius 1 is 1.10 bits per heavy atom. The number of nitrogens with zero attached hydrogens (tertiary/aromatic N) is 4. The van der Waals surface area contributed by atoms with Gasteiger partial charge in [-0.1, -0.05) is 27.7 Å². The Morgan fingerprint density at radius 3 is 2.43 bits per heavy atom. The van der Waals surface area contributed by atoms with Gasteiger partial charge in [0.2, 0.25) is 0 Å². The molecule has 1 saturated heterocycles. The largest absolute Gasteiger partial charge is 0.353 e. The maximum atomic E-state index is 4.74. The maximum Gasteiger partial charge on any atom is 0.147 e. The van der Waals surface area contributed by atoms with Gasteiger partial charge in [-0.2, -0.15) is 0 Å². The molecule has 0 unspecified atom stereocenters. The van der Waals surface area contributed by atoms with Gasteiger partial charge < -0.3 is 10.2 Å². The van der Waals surface area contributed by atoms with Gasteiger partial charge in [-0.15, -0.1) is 0 Å². The van der Waals surface area contributed by atoms with Gasteiger partial charge in [-0.3, -0.25) is 9.88 Å². The average Bonchev–Trinajstić information content (AvgIpc) is 2.45. The van der Waals surface area contributed by atoms with Crippen molar-refractivity contribution in [2.45, 2.75) is 40.3 Å². The van der Waals surface area contributed by atoms with Crippen LogP contribution in [-0.4, -0.2) is 53.6 Å². The fraction of sp³-hybridized carbons (Fsp3) is 0.750. The van der Waals surface area contributed by atoms with Gasteiger partial charge in [0.15, 0.2) is 0 Å². The van der Waals surface area contributed by atoms with Crippen LogP contribution in [0.25, 0.3) is 0 Å². The van der Waals surface area contributed by atoms with E-state index in [1.165, 1.54) is 6.54 Å². The highest BCUT2D eigenvalue weighted by Gasteiger charge is 2.18. The van der Waals surface area contributed by atoms with Crippen molar-refractivity contribution in [3.8, 4) is 0 Å². The predicted octanol–water partition coefficient (Wildman–Crippen LogP) is 1.75. The number of piperazine rings is 1. The fourth-order valence-corrected chi connectivity index (χ4v) is 2.62. The second-order valence-electron chi connectivity index (χ2n) is 6.59. The second kappa shape index (κ2) is 7.71. The highest BCUT2D eigenvalue weighted by atomic mass is 15.3. The molecule has 5 nitrogen and oxygen atoms in total. The molecule has 2 heterocycles. The van der Waals surface area contributed by atoms with Crippen LogP contribution in [0.3, 0.4) is 0 Å². The van der Waals surface area contributed by atoms with Gasteiger partial charge in [0.05, 0.1) is 11.9 Å². The summed E-state index contributed by atoms with van der Waals surface area (Å²) < 4.78 is 0. The number of aromatic nitrogens is 2. The molecule has 0 radical (unpaired) electrons. The summed E-state index contributed by atoms with van der Waals surface area (Å²) in [6, 6.07) is 0.468. The Labute approximate surface area is 128 Å². The molecule has 0 amide bonds. The minimum absolute atomic E-state index is 0.468. The van der Waals surface area contributed by atoms with Crippen molar-refractivity contribution in [2.75, 3.05) is 37.6 Å². The van der Waals surface area contributed by atoms with Crippen LogP contribution < -0.4 is 10.2 Å². The van der Waals surface area contributed by atoms with E-state index in [2.05, 4.69) is 47.8 Å². The van der Waals surface area contributed by atoms with Gasteiger partial charge in [0.25, 0.3) is 0 Å². The zero-order valence-electron chi connectivity index (χ0n) is 13.8. The summed E-state index contributed by atoms with van der Waals surface area (Å²) in [5.74, 6) is 1.75. The van der Waals surface area contributed by atoms with Gasteiger partial charge in [0, 0.05) is 51.5 Å². The molecule has 0 saturated carbocycles. The van der Waals surface area contributed by atoms with E-state index in [0.29, 0.717) is 6.04 Å². The summed E-state index contributed by atoms with van der Waals surface area (Å²) in [6.45, 7) is 15.2. The van der Waals surface area contributed by atoms with Crippen LogP contribution in [-0.2, 0) is 6.54 Å². The summed E-state index contributed by atoms with van der Waals surface area (Å²) in [4.78, 5) is 14.0. The Bertz CT molecular complexity index is 424. The van der Waals surface area contributed by atoms with E-state index in [0.717, 1.165) is 50.2 Å². The molecule has 1 N–H and O–H groups in total. The smallest absolute Gasteiger partial charge is 0.147 e. The van der Waals surface area contributed by atoms with Gasteiger partial charge in [-0.05, 0) is 5.92 Å². The first kappa shape index (κ1) is 16.2. The molecule has 0 aliphatic carbocycles. The van der Waals surface area contributed by atoms with Crippen molar-refractivity contribution < 1.29 is 0 Å². The average molecular weight is 291 g/mol. The molecule has 0 aromatic carbocycles. The third kappa shape index (κ3) is 5.25. The third-order valence-electron chi connectivity index (χ3n) is 3.68. The highest BCUT2D eigenvalue weighted by molar-refractivity contribution is 5.37. The molecular weight excluding hydrogens is 262 g/mol. The van der Waals surface area contributed by atoms with Crippen LogP contribution in [0.2, 0.25) is 0 Å². The lowest BCUT2D eigenvalue weighted by Gasteiger charge is -2.36. The van der Waals surface area contributed by atoms with Gasteiger partial charge in [0.1, 0.15) is 5.82 Å². The summed E-state index contributed by atoms with van der Waals surface area (Å²) in [7, 11) is 0. The first-order chi connectivity index (χ1) is 10.0. The van der Waals surface area contributed by atoms with Crippen molar-refractivity contribution in [1.29, 1.82) is 0 Å². The van der Waals surface area contributed by atoms with E-state index in [-0.39, 0.29) is 0 Å². The topological polar surface area (TPSA) is 44.3 Å². The summed E-state index contributed by atoms with van der Waals surface area (Å²) in [5.41, 5.74) is 1.02. The molecular formula is C16H29N5. The number of hydrogen-bond acceptors (Lipinski definition) is 5. The van der Waals surface area contributed by atoms with E-state index in [1.54, 1.807) is 0 Å². The van der Waals surface area contributed by atoms with Crippen molar-refractivity contribution in [1.82, 2.24) is 20.2 Å². The molecule has 0 bridgehead atoms. The minimum atomic E-state index is 0.468. The predicted molar refractivity (Wildman–Crippen MR) is 87.5 cm³/mol. The lowest BCUT2D eigenvalue weighted by molar-refractivity contribution is 0.231. The normalized spacial score (nSPS) is 17.0. The van der Waals surface area contributed by atoms with E-state index in [9.17, 15) is 0 Å². The SMILES string of the molecule is CC(C)CN1CCN(c2cncc(CNC(C)C)n2)CC1.